The summed E-state index contributed by atoms with van der Waals surface area (Å²) in [6.45, 7) is 5.48. The summed E-state index contributed by atoms with van der Waals surface area (Å²) in [5.41, 5.74) is 2.61. The van der Waals surface area contributed by atoms with E-state index in [2.05, 4.69) is 53.1 Å². The highest BCUT2D eigenvalue weighted by Crippen LogP contribution is 2.60. The Morgan fingerprint density at radius 1 is 1.07 bits per heavy atom. The molecule has 5 nitrogen and oxygen atoms in total. The summed E-state index contributed by atoms with van der Waals surface area (Å²) < 4.78 is 0.970. The second kappa shape index (κ2) is 7.20. The molecule has 3 aliphatic rings. The molecule has 3 amide bonds. The van der Waals surface area contributed by atoms with Gasteiger partial charge in [0, 0.05) is 19.8 Å². The summed E-state index contributed by atoms with van der Waals surface area (Å²) in [4.78, 5) is 40.6. The van der Waals surface area contributed by atoms with E-state index < -0.39 is 6.04 Å². The number of fused-ring (bicyclic) bond motifs is 5. The monoisotopic (exact) mass is 574 g/mol. The van der Waals surface area contributed by atoms with Gasteiger partial charge in [0.05, 0.1) is 11.8 Å². The van der Waals surface area contributed by atoms with Gasteiger partial charge < -0.3 is 5.32 Å². The number of imide groups is 1. The Morgan fingerprint density at radius 2 is 1.61 bits per heavy atom. The first-order chi connectivity index (χ1) is 13.1. The molecule has 2 aliphatic carbocycles. The van der Waals surface area contributed by atoms with Crippen molar-refractivity contribution in [3.63, 3.8) is 0 Å². The van der Waals surface area contributed by atoms with Crippen LogP contribution < -0.4 is 5.32 Å². The molecule has 2 saturated carbocycles. The average molecular weight is 577 g/mol. The van der Waals surface area contributed by atoms with Crippen molar-refractivity contribution < 1.29 is 14.4 Å². The third-order valence-corrected chi connectivity index (χ3v) is 10.6. The van der Waals surface area contributed by atoms with E-state index in [0.29, 0.717) is 5.69 Å². The smallest absolute Gasteiger partial charge is 0.247 e. The normalized spacial score (nSPS) is 34.7. The van der Waals surface area contributed by atoms with Crippen LogP contribution in [0.5, 0.6) is 0 Å². The third-order valence-electron chi connectivity index (χ3n) is 6.55. The Hall–Kier alpha value is -0.730. The number of halogens is 3. The molecule has 1 aromatic rings. The highest BCUT2D eigenvalue weighted by Gasteiger charge is 2.67. The number of anilines is 1. The van der Waals surface area contributed by atoms with Gasteiger partial charge in [-0.2, -0.15) is 0 Å². The van der Waals surface area contributed by atoms with Crippen molar-refractivity contribution in [3.8, 4) is 0 Å². The van der Waals surface area contributed by atoms with Crippen molar-refractivity contribution >= 4 is 71.2 Å². The molecule has 7 atom stereocenters. The molecular weight excluding hydrogens is 556 g/mol. The summed E-state index contributed by atoms with van der Waals surface area (Å²) in [6, 6.07) is 2.99. The topological polar surface area (TPSA) is 66.5 Å². The quantitative estimate of drug-likeness (QED) is 0.434. The Balaban J connectivity index is 1.55. The number of rotatable bonds is 3. The summed E-state index contributed by atoms with van der Waals surface area (Å²) in [5, 5.41) is 2.89. The van der Waals surface area contributed by atoms with Crippen LogP contribution in [0.3, 0.4) is 0 Å². The maximum Gasteiger partial charge on any atom is 0.247 e. The zero-order valence-electron chi connectivity index (χ0n) is 15.7. The maximum absolute atomic E-state index is 13.1. The number of carbonyl (C=O) groups excluding carboxylic acids is 3. The Bertz CT molecular complexity index is 858. The average Bonchev–Trinajstić information content (AvgIpc) is 3.24. The predicted molar refractivity (Wildman–Crippen MR) is 118 cm³/mol. The Labute approximate surface area is 189 Å². The zero-order valence-corrected chi connectivity index (χ0v) is 20.5. The number of hydrogen-bond acceptors (Lipinski definition) is 3. The van der Waals surface area contributed by atoms with Crippen molar-refractivity contribution in [2.24, 2.45) is 23.7 Å². The fourth-order valence-electron chi connectivity index (χ4n) is 5.02. The molecule has 28 heavy (non-hydrogen) atoms. The molecule has 1 aliphatic heterocycles. The number of aryl methyl sites for hydroxylation is 2. The second-order valence-corrected chi connectivity index (χ2v) is 11.1. The van der Waals surface area contributed by atoms with E-state index in [4.69, 9.17) is 0 Å². The molecule has 1 saturated heterocycles. The zero-order chi connectivity index (χ0) is 20.5. The SMILES string of the molecule is Cc1cc(NC(=O)[C@@H](C)N2C(=O)[C@H]3[C@@H]4C[C@@H]([C@@H](Br)[C@@H]4Br)[C@@H]3C2=O)c(C)cc1Br. The minimum atomic E-state index is -0.837. The van der Waals surface area contributed by atoms with Gasteiger partial charge in [-0.1, -0.05) is 47.8 Å². The van der Waals surface area contributed by atoms with Gasteiger partial charge in [-0.15, -0.1) is 0 Å². The van der Waals surface area contributed by atoms with E-state index >= 15 is 0 Å². The molecule has 1 aromatic carbocycles. The van der Waals surface area contributed by atoms with Gasteiger partial charge >= 0.3 is 0 Å². The van der Waals surface area contributed by atoms with Crippen LogP contribution in [0.1, 0.15) is 24.5 Å². The molecular formula is C20H21Br3N2O3. The minimum absolute atomic E-state index is 0.146. The van der Waals surface area contributed by atoms with E-state index in [0.717, 1.165) is 22.0 Å². The second-order valence-electron chi connectivity index (χ2n) is 8.13. The molecule has 1 heterocycles. The number of likely N-dealkylation sites (tertiary alicyclic amines) is 1. The molecule has 1 N–H and O–H groups in total. The summed E-state index contributed by atoms with van der Waals surface area (Å²) >= 11 is 10.8. The molecule has 4 rings (SSSR count). The number of nitrogens with one attached hydrogen (secondary N) is 1. The Kier molecular flexibility index (Phi) is 5.28. The standard InChI is InChI=1S/C20H21Br3N2O3/c1-7-5-13(8(2)4-12(7)21)24-18(26)9(3)25-19(27)14-10-6-11(15(14)20(25)28)17(23)16(10)22/h4-5,9-11,14-17H,6H2,1-3H3,(H,24,26)/t9-,10-,11+,14+,15+,16-,17-/m1/s1. The van der Waals surface area contributed by atoms with Crippen LogP contribution in [-0.2, 0) is 14.4 Å². The largest absolute Gasteiger partial charge is 0.324 e. The summed E-state index contributed by atoms with van der Waals surface area (Å²) in [6.07, 6.45) is 0.879. The highest BCUT2D eigenvalue weighted by atomic mass is 79.9. The van der Waals surface area contributed by atoms with Gasteiger partial charge in [0.2, 0.25) is 17.7 Å². The number of alkyl halides is 2. The van der Waals surface area contributed by atoms with Crippen LogP contribution in [0.25, 0.3) is 0 Å². The van der Waals surface area contributed by atoms with Crippen molar-refractivity contribution in [1.82, 2.24) is 4.90 Å². The lowest BCUT2D eigenvalue weighted by atomic mass is 9.81. The lowest BCUT2D eigenvalue weighted by molar-refractivity contribution is -0.146. The molecule has 8 heteroatoms. The molecule has 0 spiro atoms. The van der Waals surface area contributed by atoms with Crippen LogP contribution in [-0.4, -0.2) is 38.3 Å². The van der Waals surface area contributed by atoms with E-state index in [1.54, 1.807) is 6.92 Å². The first-order valence-corrected chi connectivity index (χ1v) is 12.0. The summed E-state index contributed by atoms with van der Waals surface area (Å²) in [5.74, 6) is -1.05. The van der Waals surface area contributed by atoms with Gasteiger partial charge in [-0.05, 0) is 62.3 Å². The number of carbonyl (C=O) groups is 3. The highest BCUT2D eigenvalue weighted by molar-refractivity contribution is 9.12. The number of nitrogens with zero attached hydrogens (tertiary/aromatic N) is 1. The lowest BCUT2D eigenvalue weighted by Gasteiger charge is -2.28. The van der Waals surface area contributed by atoms with Gasteiger partial charge in [0.15, 0.2) is 0 Å². The number of amides is 3. The Morgan fingerprint density at radius 3 is 2.14 bits per heavy atom. The minimum Gasteiger partial charge on any atom is -0.324 e. The molecule has 0 aromatic heterocycles. The maximum atomic E-state index is 13.1. The van der Waals surface area contributed by atoms with Crippen molar-refractivity contribution in [2.75, 3.05) is 5.32 Å². The lowest BCUT2D eigenvalue weighted by Crippen LogP contribution is -2.46. The van der Waals surface area contributed by atoms with Gasteiger partial charge in [0.1, 0.15) is 6.04 Å². The fraction of sp³-hybridized carbons (Fsp3) is 0.550. The molecule has 150 valence electrons. The summed E-state index contributed by atoms with van der Waals surface area (Å²) in [7, 11) is 0. The molecule has 2 bridgehead atoms. The van der Waals surface area contributed by atoms with E-state index in [1.165, 1.54) is 4.90 Å². The van der Waals surface area contributed by atoms with Crippen molar-refractivity contribution in [1.29, 1.82) is 0 Å². The van der Waals surface area contributed by atoms with Gasteiger partial charge in [-0.3, -0.25) is 19.3 Å². The first kappa shape index (κ1) is 20.5. The first-order valence-electron chi connectivity index (χ1n) is 9.36. The molecule has 0 unspecified atom stereocenters. The molecule has 3 fully saturated rings. The van der Waals surface area contributed by atoms with E-state index in [9.17, 15) is 14.4 Å². The van der Waals surface area contributed by atoms with E-state index in [-0.39, 0.29) is 51.0 Å². The van der Waals surface area contributed by atoms with Gasteiger partial charge in [0.25, 0.3) is 0 Å². The van der Waals surface area contributed by atoms with Gasteiger partial charge in [-0.25, -0.2) is 0 Å². The van der Waals surface area contributed by atoms with Crippen molar-refractivity contribution in [2.45, 2.75) is 42.9 Å². The van der Waals surface area contributed by atoms with Crippen LogP contribution >= 0.6 is 47.8 Å². The van der Waals surface area contributed by atoms with Crippen LogP contribution in [0.15, 0.2) is 16.6 Å². The molecule has 0 radical (unpaired) electrons. The fourth-order valence-corrected chi connectivity index (χ4v) is 7.35. The number of benzene rings is 1. The van der Waals surface area contributed by atoms with Crippen LogP contribution in [0.4, 0.5) is 5.69 Å². The van der Waals surface area contributed by atoms with Crippen LogP contribution in [0.2, 0.25) is 0 Å². The number of hydrogen-bond donors (Lipinski definition) is 1. The van der Waals surface area contributed by atoms with E-state index in [1.807, 2.05) is 26.0 Å². The van der Waals surface area contributed by atoms with Crippen LogP contribution in [0, 0.1) is 37.5 Å². The predicted octanol–water partition coefficient (Wildman–Crippen LogP) is 4.17. The van der Waals surface area contributed by atoms with Crippen molar-refractivity contribution in [3.05, 3.63) is 27.7 Å². The third kappa shape index (κ3) is 2.93.